The Labute approximate surface area is 139 Å². The monoisotopic (exact) mass is 328 g/mol. The molecule has 1 aliphatic heterocycles. The van der Waals surface area contributed by atoms with Gasteiger partial charge in [0, 0.05) is 38.4 Å². The van der Waals surface area contributed by atoms with Crippen LogP contribution in [0.4, 0.5) is 0 Å². The van der Waals surface area contributed by atoms with E-state index in [2.05, 4.69) is 10.3 Å². The van der Waals surface area contributed by atoms with Gasteiger partial charge in [0.2, 0.25) is 5.91 Å². The lowest BCUT2D eigenvalue weighted by molar-refractivity contribution is -0.129. The van der Waals surface area contributed by atoms with Crippen molar-refractivity contribution >= 4 is 17.5 Å². The maximum absolute atomic E-state index is 12.5. The molecule has 0 aliphatic carbocycles. The molecule has 2 amide bonds. The van der Waals surface area contributed by atoms with Crippen LogP contribution >= 0.6 is 0 Å². The van der Waals surface area contributed by atoms with Crippen LogP contribution in [0.15, 0.2) is 29.3 Å². The number of rotatable bonds is 2. The molecule has 2 aromatic heterocycles. The number of hydrogen-bond donors (Lipinski definition) is 1. The number of piperidine rings is 1. The van der Waals surface area contributed by atoms with Gasteiger partial charge in [-0.3, -0.25) is 18.8 Å². The highest BCUT2D eigenvalue weighted by atomic mass is 16.2. The average Bonchev–Trinajstić information content (AvgIpc) is 2.55. The van der Waals surface area contributed by atoms with Crippen LogP contribution in [0.1, 0.15) is 35.7 Å². The Hall–Kier alpha value is -2.70. The van der Waals surface area contributed by atoms with Crippen molar-refractivity contribution < 1.29 is 9.59 Å². The topological polar surface area (TPSA) is 83.8 Å². The summed E-state index contributed by atoms with van der Waals surface area (Å²) in [6, 6.07) is 3.56. The normalized spacial score (nSPS) is 15.5. The van der Waals surface area contributed by atoms with Crippen molar-refractivity contribution in [3.05, 3.63) is 46.0 Å². The van der Waals surface area contributed by atoms with E-state index in [4.69, 9.17) is 0 Å². The quantitative estimate of drug-likeness (QED) is 0.881. The van der Waals surface area contributed by atoms with Crippen LogP contribution in [0.5, 0.6) is 0 Å². The molecule has 2 aromatic rings. The van der Waals surface area contributed by atoms with Crippen LogP contribution in [0.3, 0.4) is 0 Å². The zero-order valence-electron chi connectivity index (χ0n) is 13.8. The molecule has 24 heavy (non-hydrogen) atoms. The van der Waals surface area contributed by atoms with Crippen molar-refractivity contribution in [1.82, 2.24) is 19.6 Å². The van der Waals surface area contributed by atoms with Gasteiger partial charge in [0.1, 0.15) is 11.2 Å². The molecule has 0 saturated carbocycles. The maximum Gasteiger partial charge on any atom is 0.270 e. The minimum atomic E-state index is -0.413. The third kappa shape index (κ3) is 3.15. The van der Waals surface area contributed by atoms with Gasteiger partial charge in [-0.2, -0.15) is 0 Å². The van der Waals surface area contributed by atoms with Gasteiger partial charge < -0.3 is 10.2 Å². The summed E-state index contributed by atoms with van der Waals surface area (Å²) in [6.07, 6.45) is 4.33. The fourth-order valence-electron chi connectivity index (χ4n) is 2.93. The van der Waals surface area contributed by atoms with Crippen molar-refractivity contribution in [2.75, 3.05) is 13.1 Å². The first-order chi connectivity index (χ1) is 11.5. The number of aromatic nitrogens is 2. The molecule has 0 unspecified atom stereocenters. The van der Waals surface area contributed by atoms with Gasteiger partial charge in [-0.1, -0.05) is 0 Å². The van der Waals surface area contributed by atoms with Crippen molar-refractivity contribution in [2.24, 2.45) is 0 Å². The Morgan fingerprint density at radius 2 is 2.00 bits per heavy atom. The molecule has 7 nitrogen and oxygen atoms in total. The van der Waals surface area contributed by atoms with E-state index < -0.39 is 5.91 Å². The summed E-state index contributed by atoms with van der Waals surface area (Å²) in [4.78, 5) is 42.2. The standard InChI is InChI=1S/C17H20N4O3/c1-11-3-8-21-15(9-11)18-10-14(17(21)24)16(23)19-13-4-6-20(7-5-13)12(2)22/h3,8-10,13H,4-7H2,1-2H3,(H,19,23). The average molecular weight is 328 g/mol. The number of pyridine rings is 1. The first kappa shape index (κ1) is 16.2. The number of likely N-dealkylation sites (tertiary alicyclic amines) is 1. The Bertz CT molecular complexity index is 851. The van der Waals surface area contributed by atoms with E-state index in [9.17, 15) is 14.4 Å². The molecule has 1 N–H and O–H groups in total. The molecule has 0 aromatic carbocycles. The molecule has 1 aliphatic rings. The molecule has 0 radical (unpaired) electrons. The first-order valence-corrected chi connectivity index (χ1v) is 8.00. The molecule has 7 heteroatoms. The second-order valence-corrected chi connectivity index (χ2v) is 6.16. The van der Waals surface area contributed by atoms with Crippen LogP contribution in [0, 0.1) is 6.92 Å². The molecule has 0 spiro atoms. The summed E-state index contributed by atoms with van der Waals surface area (Å²) in [5, 5.41) is 2.88. The lowest BCUT2D eigenvalue weighted by Crippen LogP contribution is -2.46. The van der Waals surface area contributed by atoms with Gasteiger partial charge in [0.25, 0.3) is 11.5 Å². The smallest absolute Gasteiger partial charge is 0.270 e. The molecule has 1 fully saturated rings. The second kappa shape index (κ2) is 6.43. The van der Waals surface area contributed by atoms with Crippen LogP contribution in [-0.2, 0) is 4.79 Å². The van der Waals surface area contributed by atoms with Gasteiger partial charge in [-0.05, 0) is 37.5 Å². The Morgan fingerprint density at radius 1 is 1.29 bits per heavy atom. The Kier molecular flexibility index (Phi) is 4.33. The number of amides is 2. The first-order valence-electron chi connectivity index (χ1n) is 8.00. The van der Waals surface area contributed by atoms with E-state index in [-0.39, 0.29) is 23.1 Å². The fraction of sp³-hybridized carbons (Fsp3) is 0.412. The van der Waals surface area contributed by atoms with E-state index in [1.165, 1.54) is 10.6 Å². The third-order valence-electron chi connectivity index (χ3n) is 4.39. The number of fused-ring (bicyclic) bond motifs is 1. The van der Waals surface area contributed by atoms with Crippen molar-refractivity contribution in [1.29, 1.82) is 0 Å². The summed E-state index contributed by atoms with van der Waals surface area (Å²) < 4.78 is 1.38. The van der Waals surface area contributed by atoms with Crippen molar-refractivity contribution in [3.8, 4) is 0 Å². The SMILES string of the molecule is CC(=O)N1CCC(NC(=O)c2cnc3cc(C)ccn3c2=O)CC1. The fourth-order valence-corrected chi connectivity index (χ4v) is 2.93. The highest BCUT2D eigenvalue weighted by molar-refractivity contribution is 5.94. The lowest BCUT2D eigenvalue weighted by atomic mass is 10.0. The largest absolute Gasteiger partial charge is 0.349 e. The number of carbonyl (C=O) groups excluding carboxylic acids is 2. The maximum atomic E-state index is 12.5. The predicted octanol–water partition coefficient (Wildman–Crippen LogP) is 0.744. The van der Waals surface area contributed by atoms with E-state index >= 15 is 0 Å². The number of nitrogens with one attached hydrogen (secondary N) is 1. The summed E-state index contributed by atoms with van der Waals surface area (Å²) in [7, 11) is 0. The number of aryl methyl sites for hydroxylation is 1. The minimum absolute atomic E-state index is 0.0327. The zero-order valence-corrected chi connectivity index (χ0v) is 13.8. The Morgan fingerprint density at radius 3 is 2.67 bits per heavy atom. The number of nitrogens with zero attached hydrogens (tertiary/aromatic N) is 3. The Balaban J connectivity index is 1.75. The van der Waals surface area contributed by atoms with Crippen molar-refractivity contribution in [2.45, 2.75) is 32.7 Å². The van der Waals surface area contributed by atoms with Gasteiger partial charge >= 0.3 is 0 Å². The van der Waals surface area contributed by atoms with Gasteiger partial charge in [-0.15, -0.1) is 0 Å². The summed E-state index contributed by atoms with van der Waals surface area (Å²) in [6.45, 7) is 4.70. The predicted molar refractivity (Wildman–Crippen MR) is 88.9 cm³/mol. The number of carbonyl (C=O) groups is 2. The van der Waals surface area contributed by atoms with Crippen LogP contribution in [0.25, 0.3) is 5.65 Å². The third-order valence-corrected chi connectivity index (χ3v) is 4.39. The summed E-state index contributed by atoms with van der Waals surface area (Å²) >= 11 is 0. The highest BCUT2D eigenvalue weighted by Gasteiger charge is 2.23. The van der Waals surface area contributed by atoms with Crippen molar-refractivity contribution in [3.63, 3.8) is 0 Å². The lowest BCUT2D eigenvalue weighted by Gasteiger charge is -2.31. The van der Waals surface area contributed by atoms with E-state index in [0.29, 0.717) is 31.6 Å². The van der Waals surface area contributed by atoms with Gasteiger partial charge in [0.05, 0.1) is 0 Å². The minimum Gasteiger partial charge on any atom is -0.349 e. The molecular formula is C17H20N4O3. The summed E-state index contributed by atoms with van der Waals surface area (Å²) in [5.41, 5.74) is 1.17. The van der Waals surface area contributed by atoms with E-state index in [1.807, 2.05) is 6.92 Å². The van der Waals surface area contributed by atoms with Crippen LogP contribution in [0.2, 0.25) is 0 Å². The highest BCUT2D eigenvalue weighted by Crippen LogP contribution is 2.11. The molecule has 0 atom stereocenters. The zero-order chi connectivity index (χ0) is 17.3. The molecular weight excluding hydrogens is 308 g/mol. The molecule has 0 bridgehead atoms. The van der Waals surface area contributed by atoms with E-state index in [0.717, 1.165) is 5.56 Å². The van der Waals surface area contributed by atoms with Gasteiger partial charge in [0.15, 0.2) is 0 Å². The summed E-state index contributed by atoms with van der Waals surface area (Å²) in [5.74, 6) is -0.365. The molecule has 1 saturated heterocycles. The molecule has 3 rings (SSSR count). The second-order valence-electron chi connectivity index (χ2n) is 6.16. The molecule has 3 heterocycles. The van der Waals surface area contributed by atoms with Crippen LogP contribution < -0.4 is 10.9 Å². The van der Waals surface area contributed by atoms with E-state index in [1.54, 1.807) is 30.2 Å². The number of hydrogen-bond acceptors (Lipinski definition) is 4. The van der Waals surface area contributed by atoms with Gasteiger partial charge in [-0.25, -0.2) is 4.98 Å². The van der Waals surface area contributed by atoms with Crippen LogP contribution in [-0.4, -0.2) is 45.2 Å². The molecule has 126 valence electrons.